The number of carbonyl (C=O) groups is 4. The predicted octanol–water partition coefficient (Wildman–Crippen LogP) is 1.68. The number of ether oxygens (including phenoxy) is 4. The zero-order valence-corrected chi connectivity index (χ0v) is 14.7. The molecule has 8 nitrogen and oxygen atoms in total. The molecule has 8 heteroatoms. The molecule has 0 N–H and O–H groups in total. The molecule has 0 aromatic carbocycles. The van der Waals surface area contributed by atoms with Crippen molar-refractivity contribution in [2.24, 2.45) is 5.41 Å². The van der Waals surface area contributed by atoms with Crippen LogP contribution in [-0.4, -0.2) is 43.4 Å². The van der Waals surface area contributed by atoms with Crippen LogP contribution in [-0.2, 0) is 38.1 Å². The first kappa shape index (κ1) is 22.4. The van der Waals surface area contributed by atoms with E-state index in [4.69, 9.17) is 9.47 Å². The van der Waals surface area contributed by atoms with Gasteiger partial charge in [-0.2, -0.15) is 0 Å². The monoisotopic (exact) mass is 356 g/mol. The van der Waals surface area contributed by atoms with Gasteiger partial charge in [-0.15, -0.1) is 0 Å². The molecule has 0 radical (unpaired) electrons. The Morgan fingerprint density at radius 1 is 0.840 bits per heavy atom. The minimum Gasteiger partial charge on any atom is -0.462 e. The maximum Gasteiger partial charge on any atom is 0.330 e. The summed E-state index contributed by atoms with van der Waals surface area (Å²) in [7, 11) is 0. The summed E-state index contributed by atoms with van der Waals surface area (Å²) in [6.45, 7) is 11.3. The lowest BCUT2D eigenvalue weighted by molar-refractivity contribution is -0.208. The number of rotatable bonds is 10. The van der Waals surface area contributed by atoms with Crippen LogP contribution in [0.3, 0.4) is 0 Å². The van der Waals surface area contributed by atoms with Crippen molar-refractivity contribution in [2.75, 3.05) is 13.2 Å². The molecule has 0 saturated carbocycles. The Bertz CT molecular complexity index is 475. The molecule has 140 valence electrons. The molecule has 0 aromatic heterocycles. The number of esters is 4. The summed E-state index contributed by atoms with van der Waals surface area (Å²) in [5, 5.41) is 0. The third-order valence-corrected chi connectivity index (χ3v) is 2.62. The van der Waals surface area contributed by atoms with Crippen LogP contribution in [0.2, 0.25) is 0 Å². The Labute approximate surface area is 146 Å². The molecule has 0 fully saturated rings. The minimum absolute atomic E-state index is 0.175. The third kappa shape index (κ3) is 10.7. The van der Waals surface area contributed by atoms with E-state index in [2.05, 4.69) is 22.6 Å². The van der Waals surface area contributed by atoms with Gasteiger partial charge in [-0.1, -0.05) is 33.9 Å². The Morgan fingerprint density at radius 3 is 1.48 bits per heavy atom. The topological polar surface area (TPSA) is 105 Å². The molecule has 0 aliphatic rings. The third-order valence-electron chi connectivity index (χ3n) is 2.62. The van der Waals surface area contributed by atoms with Gasteiger partial charge in [-0.3, -0.25) is 9.59 Å². The van der Waals surface area contributed by atoms with Crippen LogP contribution in [0.25, 0.3) is 0 Å². The van der Waals surface area contributed by atoms with Crippen molar-refractivity contribution < 1.29 is 38.1 Å². The lowest BCUT2D eigenvalue weighted by Crippen LogP contribution is -2.36. The van der Waals surface area contributed by atoms with Gasteiger partial charge < -0.3 is 18.9 Å². The lowest BCUT2D eigenvalue weighted by Gasteiger charge is -2.29. The Kier molecular flexibility index (Phi) is 9.85. The second kappa shape index (κ2) is 11.0. The van der Waals surface area contributed by atoms with Crippen molar-refractivity contribution in [3.8, 4) is 0 Å². The summed E-state index contributed by atoms with van der Waals surface area (Å²) in [4.78, 5) is 45.3. The maximum absolute atomic E-state index is 11.8. The van der Waals surface area contributed by atoms with E-state index in [1.165, 1.54) is 0 Å². The van der Waals surface area contributed by atoms with Gasteiger partial charge in [0.25, 0.3) is 6.29 Å². The first-order valence-electron chi connectivity index (χ1n) is 7.57. The summed E-state index contributed by atoms with van der Waals surface area (Å²) in [6.07, 6.45) is 0.424. The standard InChI is InChI=1S/C17H24O8/c1-6-12(18)22-10-8-14(20)24-16(17(3,4)5)25-15(21)9-11-23-13(19)7-2/h6-7,16H,1-2,8-11H2,3-5H3. The van der Waals surface area contributed by atoms with E-state index < -0.39 is 35.6 Å². The van der Waals surface area contributed by atoms with E-state index >= 15 is 0 Å². The molecular weight excluding hydrogens is 332 g/mol. The smallest absolute Gasteiger partial charge is 0.330 e. The molecule has 0 unspecified atom stereocenters. The predicted molar refractivity (Wildman–Crippen MR) is 87.0 cm³/mol. The SMILES string of the molecule is C=CC(=O)OCCC(=O)OC(OC(=O)CCOC(=O)C=C)C(C)(C)C. The first-order valence-corrected chi connectivity index (χ1v) is 7.57. The fourth-order valence-electron chi connectivity index (χ4n) is 1.32. The van der Waals surface area contributed by atoms with Crippen molar-refractivity contribution >= 4 is 23.9 Å². The normalized spacial score (nSPS) is 10.6. The molecule has 25 heavy (non-hydrogen) atoms. The maximum atomic E-state index is 11.8. The van der Waals surface area contributed by atoms with Crippen LogP contribution >= 0.6 is 0 Å². The summed E-state index contributed by atoms with van der Waals surface area (Å²) < 4.78 is 19.6. The van der Waals surface area contributed by atoms with Gasteiger partial charge in [0.2, 0.25) is 0 Å². The van der Waals surface area contributed by atoms with E-state index in [9.17, 15) is 19.2 Å². The number of carbonyl (C=O) groups excluding carboxylic acids is 4. The number of hydrogen-bond acceptors (Lipinski definition) is 8. The van der Waals surface area contributed by atoms with Gasteiger partial charge in [-0.25, -0.2) is 9.59 Å². The van der Waals surface area contributed by atoms with Crippen molar-refractivity contribution in [3.05, 3.63) is 25.3 Å². The summed E-state index contributed by atoms with van der Waals surface area (Å²) in [5.41, 5.74) is -0.680. The average Bonchev–Trinajstić information content (AvgIpc) is 2.52. The Hall–Kier alpha value is -2.64. The molecule has 0 bridgehead atoms. The van der Waals surface area contributed by atoms with Crippen LogP contribution < -0.4 is 0 Å². The molecule has 0 aliphatic carbocycles. The minimum atomic E-state index is -1.14. The van der Waals surface area contributed by atoms with Crippen LogP contribution in [0.5, 0.6) is 0 Å². The number of hydrogen-bond donors (Lipinski definition) is 0. The van der Waals surface area contributed by atoms with E-state index in [-0.39, 0.29) is 26.1 Å². The van der Waals surface area contributed by atoms with Gasteiger partial charge in [0.1, 0.15) is 13.2 Å². The molecule has 0 saturated heterocycles. The molecule has 0 heterocycles. The zero-order chi connectivity index (χ0) is 19.5. The van der Waals surface area contributed by atoms with Crippen LogP contribution in [0.15, 0.2) is 25.3 Å². The highest BCUT2D eigenvalue weighted by Crippen LogP contribution is 2.24. The molecule has 0 amide bonds. The summed E-state index contributed by atoms with van der Waals surface area (Å²) in [5.74, 6) is -2.69. The second-order valence-electron chi connectivity index (χ2n) is 5.92. The van der Waals surface area contributed by atoms with Crippen molar-refractivity contribution in [2.45, 2.75) is 39.9 Å². The largest absolute Gasteiger partial charge is 0.462 e. The van der Waals surface area contributed by atoms with Gasteiger partial charge in [0.05, 0.1) is 12.8 Å². The van der Waals surface area contributed by atoms with Crippen molar-refractivity contribution in [1.82, 2.24) is 0 Å². The average molecular weight is 356 g/mol. The lowest BCUT2D eigenvalue weighted by atomic mass is 9.96. The fourth-order valence-corrected chi connectivity index (χ4v) is 1.32. The Morgan fingerprint density at radius 2 is 1.20 bits per heavy atom. The summed E-state index contributed by atoms with van der Waals surface area (Å²) in [6, 6.07) is 0. The second-order valence-corrected chi connectivity index (χ2v) is 5.92. The van der Waals surface area contributed by atoms with Crippen LogP contribution in [0, 0.1) is 5.41 Å². The van der Waals surface area contributed by atoms with E-state index in [1.807, 2.05) is 0 Å². The zero-order valence-electron chi connectivity index (χ0n) is 14.7. The molecule has 0 aliphatic heterocycles. The van der Waals surface area contributed by atoms with Crippen LogP contribution in [0.4, 0.5) is 0 Å². The highest BCUT2D eigenvalue weighted by atomic mass is 16.7. The Balaban J connectivity index is 4.45. The van der Waals surface area contributed by atoms with E-state index in [1.54, 1.807) is 20.8 Å². The highest BCUT2D eigenvalue weighted by Gasteiger charge is 2.32. The molecule has 0 aromatic rings. The van der Waals surface area contributed by atoms with Gasteiger partial charge in [0, 0.05) is 17.6 Å². The van der Waals surface area contributed by atoms with Gasteiger partial charge in [0.15, 0.2) is 0 Å². The fraction of sp³-hybridized carbons (Fsp3) is 0.529. The molecule has 0 rings (SSSR count). The molecular formula is C17H24O8. The molecule has 0 atom stereocenters. The van der Waals surface area contributed by atoms with E-state index in [0.717, 1.165) is 12.2 Å². The van der Waals surface area contributed by atoms with Gasteiger partial charge >= 0.3 is 23.9 Å². The van der Waals surface area contributed by atoms with Crippen molar-refractivity contribution in [3.63, 3.8) is 0 Å². The first-order chi connectivity index (χ1) is 11.6. The highest BCUT2D eigenvalue weighted by molar-refractivity contribution is 5.82. The van der Waals surface area contributed by atoms with Crippen LogP contribution in [0.1, 0.15) is 33.6 Å². The quantitative estimate of drug-likeness (QED) is 0.252. The summed E-state index contributed by atoms with van der Waals surface area (Å²) >= 11 is 0. The van der Waals surface area contributed by atoms with E-state index in [0.29, 0.717) is 0 Å². The molecule has 0 spiro atoms. The van der Waals surface area contributed by atoms with Crippen molar-refractivity contribution in [1.29, 1.82) is 0 Å². The van der Waals surface area contributed by atoms with Gasteiger partial charge in [-0.05, 0) is 0 Å².